The first kappa shape index (κ1) is 15.4. The summed E-state index contributed by atoms with van der Waals surface area (Å²) in [6.45, 7) is 4.25. The maximum absolute atomic E-state index is 11.9. The number of aromatic nitrogens is 1. The van der Waals surface area contributed by atoms with Gasteiger partial charge in [0.15, 0.2) is 0 Å². The lowest BCUT2D eigenvalue weighted by atomic mass is 10.0. The van der Waals surface area contributed by atoms with Crippen molar-refractivity contribution in [2.24, 2.45) is 0 Å². The van der Waals surface area contributed by atoms with E-state index in [9.17, 15) is 4.79 Å². The van der Waals surface area contributed by atoms with Gasteiger partial charge in [0, 0.05) is 6.08 Å². The van der Waals surface area contributed by atoms with Crippen LogP contribution in [0.5, 0.6) is 5.75 Å². The summed E-state index contributed by atoms with van der Waals surface area (Å²) < 4.78 is 6.40. The van der Waals surface area contributed by atoms with E-state index in [2.05, 4.69) is 18.8 Å². The van der Waals surface area contributed by atoms with Gasteiger partial charge in [-0.1, -0.05) is 38.1 Å². The summed E-state index contributed by atoms with van der Waals surface area (Å²) in [5, 5.41) is 0.790. The second kappa shape index (κ2) is 6.75. The summed E-state index contributed by atoms with van der Waals surface area (Å²) in [4.78, 5) is 16.3. The normalized spacial score (nSPS) is 11.4. The van der Waals surface area contributed by atoms with Crippen molar-refractivity contribution in [3.8, 4) is 5.75 Å². The zero-order chi connectivity index (χ0) is 16.2. The summed E-state index contributed by atoms with van der Waals surface area (Å²) in [5.74, 6) is 0.605. The van der Waals surface area contributed by atoms with Crippen molar-refractivity contribution < 1.29 is 9.53 Å². The monoisotopic (exact) mass is 323 g/mol. The third-order valence-corrected chi connectivity index (χ3v) is 4.44. The van der Waals surface area contributed by atoms with E-state index in [0.717, 1.165) is 15.2 Å². The Bertz CT molecular complexity index is 814. The van der Waals surface area contributed by atoms with E-state index < -0.39 is 5.97 Å². The van der Waals surface area contributed by atoms with Gasteiger partial charge in [0.25, 0.3) is 0 Å². The minimum absolute atomic E-state index is 0.401. The Morgan fingerprint density at radius 2 is 1.87 bits per heavy atom. The lowest BCUT2D eigenvalue weighted by molar-refractivity contribution is -0.128. The van der Waals surface area contributed by atoms with Crippen LogP contribution in [0, 0.1) is 0 Å². The number of hydrogen-bond acceptors (Lipinski definition) is 4. The Hall–Kier alpha value is -2.46. The molecule has 0 bridgehead atoms. The molecule has 3 nitrogen and oxygen atoms in total. The maximum Gasteiger partial charge on any atom is 0.336 e. The van der Waals surface area contributed by atoms with E-state index >= 15 is 0 Å². The third-order valence-electron chi connectivity index (χ3n) is 3.44. The van der Waals surface area contributed by atoms with Gasteiger partial charge in [0.1, 0.15) is 10.8 Å². The van der Waals surface area contributed by atoms with Crippen LogP contribution in [0.25, 0.3) is 16.3 Å². The number of ether oxygens (including phenoxy) is 1. The van der Waals surface area contributed by atoms with Gasteiger partial charge in [-0.2, -0.15) is 0 Å². The molecule has 1 heterocycles. The molecule has 0 fully saturated rings. The van der Waals surface area contributed by atoms with E-state index in [0.29, 0.717) is 11.7 Å². The largest absolute Gasteiger partial charge is 0.423 e. The van der Waals surface area contributed by atoms with Crippen LogP contribution in [0.1, 0.15) is 30.3 Å². The van der Waals surface area contributed by atoms with Crippen LogP contribution in [0.3, 0.4) is 0 Å². The molecular weight excluding hydrogens is 306 g/mol. The number of carbonyl (C=O) groups excluding carboxylic acids is 1. The summed E-state index contributed by atoms with van der Waals surface area (Å²) in [5.41, 5.74) is 2.16. The molecule has 0 atom stereocenters. The average Bonchev–Trinajstić information content (AvgIpc) is 2.96. The molecule has 0 aliphatic carbocycles. The first-order valence-electron chi connectivity index (χ1n) is 7.47. The second-order valence-corrected chi connectivity index (χ2v) is 6.56. The topological polar surface area (TPSA) is 39.2 Å². The molecule has 0 radical (unpaired) electrons. The smallest absolute Gasteiger partial charge is 0.336 e. The van der Waals surface area contributed by atoms with Crippen molar-refractivity contribution in [3.63, 3.8) is 0 Å². The lowest BCUT2D eigenvalue weighted by Gasteiger charge is -2.06. The molecule has 3 aromatic rings. The predicted molar refractivity (Wildman–Crippen MR) is 94.8 cm³/mol. The van der Waals surface area contributed by atoms with Crippen LogP contribution >= 0.6 is 11.3 Å². The molecule has 0 unspecified atom stereocenters. The Morgan fingerprint density at radius 1 is 1.13 bits per heavy atom. The highest BCUT2D eigenvalue weighted by Crippen LogP contribution is 2.22. The van der Waals surface area contributed by atoms with Crippen molar-refractivity contribution >= 4 is 33.6 Å². The standard InChI is InChI=1S/C19H17NO2S/c1-13(2)14-7-9-15(10-8-14)22-19(21)12-11-18-20-16-5-3-4-6-17(16)23-18/h3-13H,1-2H3. The van der Waals surface area contributed by atoms with Gasteiger partial charge in [0.2, 0.25) is 0 Å². The number of para-hydroxylation sites is 1. The minimum Gasteiger partial charge on any atom is -0.423 e. The molecule has 0 saturated heterocycles. The molecule has 23 heavy (non-hydrogen) atoms. The second-order valence-electron chi connectivity index (χ2n) is 5.50. The van der Waals surface area contributed by atoms with Gasteiger partial charge in [-0.3, -0.25) is 0 Å². The molecule has 1 aromatic heterocycles. The summed E-state index contributed by atoms with van der Waals surface area (Å²) in [6.07, 6.45) is 3.10. The number of nitrogens with zero attached hydrogens (tertiary/aromatic N) is 1. The quantitative estimate of drug-likeness (QED) is 0.384. The number of carbonyl (C=O) groups is 1. The fourth-order valence-electron chi connectivity index (χ4n) is 2.17. The summed E-state index contributed by atoms with van der Waals surface area (Å²) in [6, 6.07) is 15.5. The van der Waals surface area contributed by atoms with Crippen LogP contribution in [-0.2, 0) is 4.79 Å². The maximum atomic E-state index is 11.9. The van der Waals surface area contributed by atoms with E-state index in [1.165, 1.54) is 11.6 Å². The van der Waals surface area contributed by atoms with E-state index in [4.69, 9.17) is 4.74 Å². The van der Waals surface area contributed by atoms with Crippen molar-refractivity contribution in [2.75, 3.05) is 0 Å². The molecule has 0 saturated carbocycles. The number of esters is 1. The number of benzene rings is 2. The van der Waals surface area contributed by atoms with Crippen LogP contribution in [0.4, 0.5) is 0 Å². The molecule has 0 amide bonds. The predicted octanol–water partition coefficient (Wildman–Crippen LogP) is 5.04. The first-order valence-corrected chi connectivity index (χ1v) is 8.29. The van der Waals surface area contributed by atoms with Crippen LogP contribution < -0.4 is 4.74 Å². The van der Waals surface area contributed by atoms with Crippen molar-refractivity contribution in [1.29, 1.82) is 0 Å². The first-order chi connectivity index (χ1) is 11.1. The lowest BCUT2D eigenvalue weighted by Crippen LogP contribution is -2.03. The number of fused-ring (bicyclic) bond motifs is 1. The SMILES string of the molecule is CC(C)c1ccc(OC(=O)C=Cc2nc3ccccc3s2)cc1. The molecule has 3 rings (SSSR count). The molecule has 0 N–H and O–H groups in total. The fourth-order valence-corrected chi connectivity index (χ4v) is 3.04. The highest BCUT2D eigenvalue weighted by atomic mass is 32.1. The van der Waals surface area contributed by atoms with E-state index in [1.807, 2.05) is 48.5 Å². The van der Waals surface area contributed by atoms with E-state index in [1.54, 1.807) is 17.4 Å². The Labute approximate surface area is 139 Å². The Kier molecular flexibility index (Phi) is 4.53. The van der Waals surface area contributed by atoms with E-state index in [-0.39, 0.29) is 0 Å². The molecule has 0 spiro atoms. The van der Waals surface area contributed by atoms with Crippen LogP contribution in [-0.4, -0.2) is 11.0 Å². The van der Waals surface area contributed by atoms with Crippen molar-refractivity contribution in [2.45, 2.75) is 19.8 Å². The minimum atomic E-state index is -0.401. The highest BCUT2D eigenvalue weighted by Gasteiger charge is 2.04. The zero-order valence-electron chi connectivity index (χ0n) is 13.0. The average molecular weight is 323 g/mol. The summed E-state index contributed by atoms with van der Waals surface area (Å²) >= 11 is 1.55. The zero-order valence-corrected chi connectivity index (χ0v) is 13.8. The Balaban J connectivity index is 1.66. The molecule has 116 valence electrons. The molecule has 0 aliphatic heterocycles. The van der Waals surface area contributed by atoms with Gasteiger partial charge in [-0.05, 0) is 41.8 Å². The number of rotatable bonds is 4. The van der Waals surface area contributed by atoms with Crippen molar-refractivity contribution in [3.05, 3.63) is 65.2 Å². The van der Waals surface area contributed by atoms with Crippen LogP contribution in [0.15, 0.2) is 54.6 Å². The van der Waals surface area contributed by atoms with Gasteiger partial charge < -0.3 is 4.74 Å². The van der Waals surface area contributed by atoms with Gasteiger partial charge in [0.05, 0.1) is 10.2 Å². The van der Waals surface area contributed by atoms with Gasteiger partial charge in [-0.15, -0.1) is 11.3 Å². The highest BCUT2D eigenvalue weighted by molar-refractivity contribution is 7.19. The Morgan fingerprint density at radius 3 is 2.57 bits per heavy atom. The molecule has 2 aromatic carbocycles. The van der Waals surface area contributed by atoms with Gasteiger partial charge >= 0.3 is 5.97 Å². The number of thiazole rings is 1. The molecular formula is C19H17NO2S. The van der Waals surface area contributed by atoms with Crippen LogP contribution in [0.2, 0.25) is 0 Å². The molecule has 4 heteroatoms. The fraction of sp³-hybridized carbons (Fsp3) is 0.158. The summed E-state index contributed by atoms with van der Waals surface area (Å²) in [7, 11) is 0. The van der Waals surface area contributed by atoms with Gasteiger partial charge in [-0.25, -0.2) is 9.78 Å². The van der Waals surface area contributed by atoms with Crippen molar-refractivity contribution in [1.82, 2.24) is 4.98 Å². The molecule has 0 aliphatic rings. The third kappa shape index (κ3) is 3.85. The number of hydrogen-bond donors (Lipinski definition) is 0.